The highest BCUT2D eigenvalue weighted by Crippen LogP contribution is 2.32. The highest BCUT2D eigenvalue weighted by Gasteiger charge is 2.37. The van der Waals surface area contributed by atoms with Gasteiger partial charge in [-0.3, -0.25) is 4.79 Å². The first-order chi connectivity index (χ1) is 14.3. The molecule has 0 radical (unpaired) electrons. The summed E-state index contributed by atoms with van der Waals surface area (Å²) in [6.07, 6.45) is -5.89. The van der Waals surface area contributed by atoms with Gasteiger partial charge in [-0.25, -0.2) is 4.98 Å². The Morgan fingerprint density at radius 2 is 1.57 bits per heavy atom. The van der Waals surface area contributed by atoms with Gasteiger partial charge in [-0.15, -0.1) is 0 Å². The monoisotopic (exact) mass is 410 g/mol. The van der Waals surface area contributed by atoms with Gasteiger partial charge in [-0.2, -0.15) is 13.2 Å². The number of carbonyl (C=O) groups excluding carboxylic acids is 1. The van der Waals surface area contributed by atoms with Crippen LogP contribution in [0.2, 0.25) is 0 Å². The lowest BCUT2D eigenvalue weighted by atomic mass is 9.99. The van der Waals surface area contributed by atoms with Crippen LogP contribution >= 0.6 is 0 Å². The molecule has 1 heterocycles. The fraction of sp³-hybridized carbons (Fsp3) is 0.130. The molecule has 4 nitrogen and oxygen atoms in total. The molecular formula is C23H17F3N2O2. The minimum Gasteiger partial charge on any atom is -0.380 e. The number of imidazole rings is 1. The second-order valence-electron chi connectivity index (χ2n) is 6.88. The van der Waals surface area contributed by atoms with Crippen molar-refractivity contribution in [1.82, 2.24) is 9.55 Å². The largest absolute Gasteiger partial charge is 0.449 e. The third kappa shape index (κ3) is 3.84. The summed E-state index contributed by atoms with van der Waals surface area (Å²) in [7, 11) is 0. The highest BCUT2D eigenvalue weighted by molar-refractivity contribution is 5.99. The molecule has 3 aromatic carbocycles. The average Bonchev–Trinajstić information content (AvgIpc) is 3.13. The first kappa shape index (κ1) is 19.8. The minimum absolute atomic E-state index is 0.0505. The van der Waals surface area contributed by atoms with Crippen molar-refractivity contribution in [3.05, 3.63) is 101 Å². The van der Waals surface area contributed by atoms with Gasteiger partial charge in [-0.1, -0.05) is 66.7 Å². The maximum absolute atomic E-state index is 13.5. The lowest BCUT2D eigenvalue weighted by Crippen LogP contribution is -2.16. The maximum atomic E-state index is 13.5. The van der Waals surface area contributed by atoms with Crippen LogP contribution in [0.1, 0.15) is 33.4 Å². The molecule has 1 unspecified atom stereocenters. The summed E-state index contributed by atoms with van der Waals surface area (Å²) in [5, 5.41) is 10.3. The molecule has 1 N–H and O–H groups in total. The third-order valence-electron chi connectivity index (χ3n) is 4.85. The number of ketones is 1. The quantitative estimate of drug-likeness (QED) is 0.470. The van der Waals surface area contributed by atoms with E-state index in [0.29, 0.717) is 16.6 Å². The Hall–Kier alpha value is -3.45. The number of fused-ring (bicyclic) bond motifs is 1. The Morgan fingerprint density at radius 1 is 0.933 bits per heavy atom. The third-order valence-corrected chi connectivity index (χ3v) is 4.85. The van der Waals surface area contributed by atoms with E-state index >= 15 is 0 Å². The molecule has 0 aliphatic heterocycles. The fourth-order valence-corrected chi connectivity index (χ4v) is 3.35. The number of rotatable bonds is 5. The number of aromatic nitrogens is 2. The number of halogens is 3. The zero-order valence-corrected chi connectivity index (χ0v) is 15.7. The number of hydrogen-bond acceptors (Lipinski definition) is 3. The van der Waals surface area contributed by atoms with E-state index in [1.165, 1.54) is 18.2 Å². The second-order valence-corrected chi connectivity index (χ2v) is 6.88. The molecule has 0 bridgehead atoms. The number of Topliss-reactive ketones (excluding diaryl/α,β-unsaturated/α-hetero) is 1. The number of aliphatic hydroxyl groups excluding tert-OH is 1. The summed E-state index contributed by atoms with van der Waals surface area (Å²) in [6.45, 7) is -0.0505. The Labute approximate surface area is 170 Å². The summed E-state index contributed by atoms with van der Waals surface area (Å²) in [5.41, 5.74) is 1.98. The standard InChI is InChI=1S/C23H17F3N2O2/c24-23(25,26)22-27-18-8-4-5-9-19(18)28(22)14-15-10-12-17(13-11-15)21(30)20(29)16-6-2-1-3-7-16/h1-13,20,29H,14H2. The van der Waals surface area contributed by atoms with Crippen LogP contribution in [0.3, 0.4) is 0 Å². The molecule has 30 heavy (non-hydrogen) atoms. The number of alkyl halides is 3. The highest BCUT2D eigenvalue weighted by atomic mass is 19.4. The van der Waals surface area contributed by atoms with Crippen molar-refractivity contribution in [1.29, 1.82) is 0 Å². The first-order valence-corrected chi connectivity index (χ1v) is 9.23. The normalized spacial score (nSPS) is 12.8. The molecule has 0 amide bonds. The van der Waals surface area contributed by atoms with E-state index in [1.54, 1.807) is 60.7 Å². The van der Waals surface area contributed by atoms with Gasteiger partial charge in [0, 0.05) is 12.1 Å². The van der Waals surface area contributed by atoms with Gasteiger partial charge in [0.1, 0.15) is 6.10 Å². The molecule has 0 aliphatic rings. The van der Waals surface area contributed by atoms with Gasteiger partial charge in [0.15, 0.2) is 5.78 Å². The van der Waals surface area contributed by atoms with E-state index < -0.39 is 23.9 Å². The molecule has 0 fully saturated rings. The first-order valence-electron chi connectivity index (χ1n) is 9.23. The number of aliphatic hydroxyl groups is 1. The zero-order valence-electron chi connectivity index (χ0n) is 15.7. The molecule has 0 saturated carbocycles. The van der Waals surface area contributed by atoms with Crippen LogP contribution in [0.4, 0.5) is 13.2 Å². The van der Waals surface area contributed by atoms with Crippen LogP contribution in [-0.4, -0.2) is 20.4 Å². The number of benzene rings is 3. The van der Waals surface area contributed by atoms with Crippen molar-refractivity contribution >= 4 is 16.8 Å². The van der Waals surface area contributed by atoms with Crippen LogP contribution in [0.15, 0.2) is 78.9 Å². The Bertz CT molecular complexity index is 1180. The van der Waals surface area contributed by atoms with Crippen LogP contribution in [0, 0.1) is 0 Å². The van der Waals surface area contributed by atoms with Crippen LogP contribution in [0.5, 0.6) is 0 Å². The van der Waals surface area contributed by atoms with E-state index in [9.17, 15) is 23.1 Å². The van der Waals surface area contributed by atoms with Gasteiger partial charge in [-0.05, 0) is 23.3 Å². The Balaban J connectivity index is 1.61. The summed E-state index contributed by atoms with van der Waals surface area (Å²) >= 11 is 0. The molecule has 1 atom stereocenters. The molecule has 4 rings (SSSR count). The second kappa shape index (κ2) is 7.76. The van der Waals surface area contributed by atoms with Gasteiger partial charge < -0.3 is 9.67 Å². The summed E-state index contributed by atoms with van der Waals surface area (Å²) in [6, 6.07) is 21.1. The van der Waals surface area contributed by atoms with Crippen molar-refractivity contribution in [2.24, 2.45) is 0 Å². The Morgan fingerprint density at radius 3 is 2.23 bits per heavy atom. The number of carbonyl (C=O) groups is 1. The summed E-state index contributed by atoms with van der Waals surface area (Å²) in [5.74, 6) is -1.44. The molecule has 0 spiro atoms. The van der Waals surface area contributed by atoms with Gasteiger partial charge in [0.05, 0.1) is 11.0 Å². The Kier molecular flexibility index (Phi) is 5.13. The van der Waals surface area contributed by atoms with Crippen molar-refractivity contribution in [2.45, 2.75) is 18.8 Å². The van der Waals surface area contributed by atoms with Gasteiger partial charge in [0.2, 0.25) is 5.82 Å². The van der Waals surface area contributed by atoms with Gasteiger partial charge in [0.25, 0.3) is 0 Å². The van der Waals surface area contributed by atoms with E-state index in [2.05, 4.69) is 4.98 Å². The molecule has 4 aromatic rings. The van der Waals surface area contributed by atoms with Crippen LogP contribution in [0.25, 0.3) is 11.0 Å². The van der Waals surface area contributed by atoms with E-state index in [1.807, 2.05) is 0 Å². The number of nitrogens with zero attached hydrogens (tertiary/aromatic N) is 2. The topological polar surface area (TPSA) is 55.1 Å². The molecular weight excluding hydrogens is 393 g/mol. The van der Waals surface area contributed by atoms with Crippen LogP contribution in [-0.2, 0) is 12.7 Å². The van der Waals surface area contributed by atoms with Crippen molar-refractivity contribution in [2.75, 3.05) is 0 Å². The summed E-state index contributed by atoms with van der Waals surface area (Å²) < 4.78 is 41.5. The fourth-order valence-electron chi connectivity index (χ4n) is 3.35. The lowest BCUT2D eigenvalue weighted by molar-refractivity contribution is -0.146. The SMILES string of the molecule is O=C(c1ccc(Cn2c(C(F)(F)F)nc3ccccc32)cc1)C(O)c1ccccc1. The molecule has 0 aliphatic carbocycles. The lowest BCUT2D eigenvalue weighted by Gasteiger charge is -2.13. The van der Waals surface area contributed by atoms with Crippen molar-refractivity contribution in [3.63, 3.8) is 0 Å². The van der Waals surface area contributed by atoms with E-state index in [-0.39, 0.29) is 17.6 Å². The maximum Gasteiger partial charge on any atom is 0.449 e. The molecule has 0 saturated heterocycles. The van der Waals surface area contributed by atoms with E-state index in [0.717, 1.165) is 4.57 Å². The summed E-state index contributed by atoms with van der Waals surface area (Å²) in [4.78, 5) is 16.3. The minimum atomic E-state index is -4.59. The molecule has 152 valence electrons. The zero-order chi connectivity index (χ0) is 21.3. The van der Waals surface area contributed by atoms with Gasteiger partial charge >= 0.3 is 6.18 Å². The smallest absolute Gasteiger partial charge is 0.380 e. The number of hydrogen-bond donors (Lipinski definition) is 1. The van der Waals surface area contributed by atoms with Crippen LogP contribution < -0.4 is 0 Å². The van der Waals surface area contributed by atoms with E-state index in [4.69, 9.17) is 0 Å². The predicted octanol–water partition coefficient (Wildman–Crippen LogP) is 5.02. The van der Waals surface area contributed by atoms with Crippen molar-refractivity contribution in [3.8, 4) is 0 Å². The van der Waals surface area contributed by atoms with Crippen molar-refractivity contribution < 1.29 is 23.1 Å². The molecule has 1 aromatic heterocycles. The number of para-hydroxylation sites is 2. The predicted molar refractivity (Wildman–Crippen MR) is 106 cm³/mol. The average molecular weight is 410 g/mol. The molecule has 7 heteroatoms.